The van der Waals surface area contributed by atoms with Crippen LogP contribution < -0.4 is 10.5 Å². The smallest absolute Gasteiger partial charge is 0.126 e. The van der Waals surface area contributed by atoms with Crippen molar-refractivity contribution >= 4 is 15.9 Å². The maximum Gasteiger partial charge on any atom is 0.126 e. The normalized spacial score (nSPS) is 21.1. The van der Waals surface area contributed by atoms with Crippen LogP contribution in [0.5, 0.6) is 5.75 Å². The lowest BCUT2D eigenvalue weighted by Crippen LogP contribution is -2.43. The second-order valence-corrected chi connectivity index (χ2v) is 6.08. The molecule has 1 aliphatic heterocycles. The lowest BCUT2D eigenvalue weighted by molar-refractivity contribution is 0.214. The minimum absolute atomic E-state index is 0.220. The first kappa shape index (κ1) is 13.6. The number of fused-ring (bicyclic) bond motifs is 1. The zero-order valence-electron chi connectivity index (χ0n) is 10.9. The standard InChI is InChI=1S/C16H15BrFNO/c17-12-5-6-14(18)11(9-12)10-16(19)7-8-20-15-4-2-1-3-13(15)16/h1-6,9H,7-8,10,19H2. The van der Waals surface area contributed by atoms with Crippen molar-refractivity contribution in [2.45, 2.75) is 18.4 Å². The molecule has 0 aliphatic carbocycles. The third-order valence-electron chi connectivity index (χ3n) is 3.74. The molecule has 0 spiro atoms. The molecule has 2 N–H and O–H groups in total. The van der Waals surface area contributed by atoms with Crippen LogP contribution in [0.3, 0.4) is 0 Å². The molecule has 0 saturated carbocycles. The van der Waals surface area contributed by atoms with E-state index in [2.05, 4.69) is 15.9 Å². The minimum Gasteiger partial charge on any atom is -0.493 e. The number of rotatable bonds is 2. The number of para-hydroxylation sites is 1. The third kappa shape index (κ3) is 2.45. The van der Waals surface area contributed by atoms with Gasteiger partial charge in [0, 0.05) is 16.5 Å². The highest BCUT2D eigenvalue weighted by Gasteiger charge is 2.34. The van der Waals surface area contributed by atoms with Gasteiger partial charge in [-0.1, -0.05) is 34.1 Å². The molecule has 4 heteroatoms. The van der Waals surface area contributed by atoms with Crippen molar-refractivity contribution in [3.63, 3.8) is 0 Å². The molecule has 20 heavy (non-hydrogen) atoms. The fraction of sp³-hybridized carbons (Fsp3) is 0.250. The Hall–Kier alpha value is -1.39. The average molecular weight is 336 g/mol. The van der Waals surface area contributed by atoms with Gasteiger partial charge in [0.25, 0.3) is 0 Å². The Morgan fingerprint density at radius 1 is 1.25 bits per heavy atom. The lowest BCUT2D eigenvalue weighted by Gasteiger charge is -2.35. The van der Waals surface area contributed by atoms with E-state index in [1.54, 1.807) is 12.1 Å². The number of nitrogens with two attached hydrogens (primary N) is 1. The monoisotopic (exact) mass is 335 g/mol. The van der Waals surface area contributed by atoms with Crippen molar-refractivity contribution in [2.24, 2.45) is 5.73 Å². The topological polar surface area (TPSA) is 35.2 Å². The molecule has 0 saturated heterocycles. The Balaban J connectivity index is 2.00. The van der Waals surface area contributed by atoms with Gasteiger partial charge in [-0.05, 0) is 36.2 Å². The van der Waals surface area contributed by atoms with Crippen LogP contribution in [0.2, 0.25) is 0 Å². The predicted octanol–water partition coefficient (Wildman–Crippen LogP) is 3.77. The highest BCUT2D eigenvalue weighted by molar-refractivity contribution is 9.10. The molecular weight excluding hydrogens is 321 g/mol. The summed E-state index contributed by atoms with van der Waals surface area (Å²) >= 11 is 3.38. The van der Waals surface area contributed by atoms with Crippen LogP contribution in [-0.4, -0.2) is 6.61 Å². The van der Waals surface area contributed by atoms with E-state index in [1.165, 1.54) is 6.07 Å². The van der Waals surface area contributed by atoms with Gasteiger partial charge in [0.15, 0.2) is 0 Å². The van der Waals surface area contributed by atoms with Crippen LogP contribution in [0.4, 0.5) is 4.39 Å². The van der Waals surface area contributed by atoms with Crippen LogP contribution in [-0.2, 0) is 12.0 Å². The van der Waals surface area contributed by atoms with E-state index < -0.39 is 5.54 Å². The summed E-state index contributed by atoms with van der Waals surface area (Å²) in [7, 11) is 0. The maximum absolute atomic E-state index is 14.0. The second kappa shape index (κ2) is 5.19. The predicted molar refractivity (Wildman–Crippen MR) is 80.2 cm³/mol. The molecule has 1 heterocycles. The van der Waals surface area contributed by atoms with Gasteiger partial charge >= 0.3 is 0 Å². The number of benzene rings is 2. The zero-order valence-corrected chi connectivity index (χ0v) is 12.5. The van der Waals surface area contributed by atoms with Gasteiger partial charge in [0.1, 0.15) is 11.6 Å². The number of ether oxygens (including phenoxy) is 1. The van der Waals surface area contributed by atoms with E-state index in [0.717, 1.165) is 15.8 Å². The summed E-state index contributed by atoms with van der Waals surface area (Å²) < 4.78 is 20.4. The van der Waals surface area contributed by atoms with E-state index in [9.17, 15) is 4.39 Å². The first-order chi connectivity index (χ1) is 9.58. The molecule has 0 bridgehead atoms. The summed E-state index contributed by atoms with van der Waals surface area (Å²) in [4.78, 5) is 0. The van der Waals surface area contributed by atoms with Crippen LogP contribution >= 0.6 is 15.9 Å². The number of hydrogen-bond donors (Lipinski definition) is 1. The molecule has 2 aromatic carbocycles. The Morgan fingerprint density at radius 3 is 2.90 bits per heavy atom. The molecule has 0 amide bonds. The van der Waals surface area contributed by atoms with Crippen molar-refractivity contribution in [2.75, 3.05) is 6.61 Å². The second-order valence-electron chi connectivity index (χ2n) is 5.16. The SMILES string of the molecule is NC1(Cc2cc(Br)ccc2F)CCOc2ccccc21. The van der Waals surface area contributed by atoms with Crippen LogP contribution in [0, 0.1) is 5.82 Å². The Kier molecular flexibility index (Phi) is 3.52. The van der Waals surface area contributed by atoms with E-state index >= 15 is 0 Å². The highest BCUT2D eigenvalue weighted by Crippen LogP contribution is 2.37. The molecule has 2 aromatic rings. The molecule has 1 aliphatic rings. The molecule has 104 valence electrons. The van der Waals surface area contributed by atoms with Gasteiger partial charge in [0.05, 0.1) is 12.1 Å². The molecular formula is C16H15BrFNO. The van der Waals surface area contributed by atoms with E-state index in [0.29, 0.717) is 25.0 Å². The van der Waals surface area contributed by atoms with E-state index in [1.807, 2.05) is 24.3 Å². The summed E-state index contributed by atoms with van der Waals surface area (Å²) in [5, 5.41) is 0. The Labute approximate surface area is 125 Å². The Bertz CT molecular complexity index is 646. The third-order valence-corrected chi connectivity index (χ3v) is 4.24. The van der Waals surface area contributed by atoms with Crippen LogP contribution in [0.1, 0.15) is 17.5 Å². The fourth-order valence-electron chi connectivity index (χ4n) is 2.68. The van der Waals surface area contributed by atoms with Crippen LogP contribution in [0.25, 0.3) is 0 Å². The van der Waals surface area contributed by atoms with Crippen molar-refractivity contribution in [1.82, 2.24) is 0 Å². The average Bonchev–Trinajstić information content (AvgIpc) is 2.43. The van der Waals surface area contributed by atoms with Crippen molar-refractivity contribution in [3.8, 4) is 5.75 Å². The molecule has 0 radical (unpaired) electrons. The fourth-order valence-corrected chi connectivity index (χ4v) is 3.09. The summed E-state index contributed by atoms with van der Waals surface area (Å²) in [6.07, 6.45) is 1.13. The lowest BCUT2D eigenvalue weighted by atomic mass is 9.80. The van der Waals surface area contributed by atoms with Crippen molar-refractivity contribution in [1.29, 1.82) is 0 Å². The first-order valence-electron chi connectivity index (χ1n) is 6.54. The zero-order chi connectivity index (χ0) is 14.2. The van der Waals surface area contributed by atoms with Crippen molar-refractivity contribution in [3.05, 3.63) is 63.9 Å². The quantitative estimate of drug-likeness (QED) is 0.906. The Morgan fingerprint density at radius 2 is 2.05 bits per heavy atom. The maximum atomic E-state index is 14.0. The van der Waals surface area contributed by atoms with Gasteiger partial charge < -0.3 is 10.5 Å². The number of halogens is 2. The van der Waals surface area contributed by atoms with Crippen molar-refractivity contribution < 1.29 is 9.13 Å². The molecule has 0 aromatic heterocycles. The first-order valence-corrected chi connectivity index (χ1v) is 7.33. The van der Waals surface area contributed by atoms with Gasteiger partial charge in [-0.2, -0.15) is 0 Å². The summed E-state index contributed by atoms with van der Waals surface area (Å²) in [5.74, 6) is 0.582. The van der Waals surface area contributed by atoms with Gasteiger partial charge in [0.2, 0.25) is 0 Å². The molecule has 2 nitrogen and oxygen atoms in total. The summed E-state index contributed by atoms with van der Waals surface area (Å²) in [6.45, 7) is 0.559. The largest absolute Gasteiger partial charge is 0.493 e. The van der Waals surface area contributed by atoms with E-state index in [-0.39, 0.29) is 5.82 Å². The van der Waals surface area contributed by atoms with E-state index in [4.69, 9.17) is 10.5 Å². The molecule has 3 rings (SSSR count). The summed E-state index contributed by atoms with van der Waals surface area (Å²) in [5.41, 5.74) is 7.55. The molecule has 0 fully saturated rings. The molecule has 1 unspecified atom stereocenters. The highest BCUT2D eigenvalue weighted by atomic mass is 79.9. The van der Waals surface area contributed by atoms with Gasteiger partial charge in [-0.3, -0.25) is 0 Å². The number of hydrogen-bond acceptors (Lipinski definition) is 2. The molecule has 1 atom stereocenters. The van der Waals surface area contributed by atoms with Gasteiger partial charge in [-0.15, -0.1) is 0 Å². The minimum atomic E-state index is -0.587. The van der Waals surface area contributed by atoms with Crippen LogP contribution in [0.15, 0.2) is 46.9 Å². The van der Waals surface area contributed by atoms with Gasteiger partial charge in [-0.25, -0.2) is 4.39 Å². The summed E-state index contributed by atoms with van der Waals surface area (Å²) in [6, 6.07) is 12.7.